The van der Waals surface area contributed by atoms with Crippen molar-refractivity contribution in [2.24, 2.45) is 5.92 Å². The summed E-state index contributed by atoms with van der Waals surface area (Å²) >= 11 is 0. The minimum absolute atomic E-state index is 0.0000108. The second-order valence-electron chi connectivity index (χ2n) is 6.15. The SMILES string of the molecule is COc1ccccc1CC(=O)NCC(Nc1ccccc1)C(C)C. The van der Waals surface area contributed by atoms with Crippen LogP contribution < -0.4 is 15.4 Å². The van der Waals surface area contributed by atoms with Crippen molar-refractivity contribution in [3.8, 4) is 5.75 Å². The van der Waals surface area contributed by atoms with E-state index in [9.17, 15) is 4.79 Å². The number of ether oxygens (including phenoxy) is 1. The lowest BCUT2D eigenvalue weighted by molar-refractivity contribution is -0.120. The Kier molecular flexibility index (Phi) is 6.67. The van der Waals surface area contributed by atoms with Crippen LogP contribution in [0, 0.1) is 5.92 Å². The van der Waals surface area contributed by atoms with Gasteiger partial charge in [0.2, 0.25) is 5.91 Å². The number of benzene rings is 2. The first kappa shape index (κ1) is 17.9. The van der Waals surface area contributed by atoms with Gasteiger partial charge in [-0.1, -0.05) is 50.2 Å². The van der Waals surface area contributed by atoms with Gasteiger partial charge in [-0.05, 0) is 24.1 Å². The minimum Gasteiger partial charge on any atom is -0.496 e. The normalized spacial score (nSPS) is 11.8. The maximum Gasteiger partial charge on any atom is 0.224 e. The monoisotopic (exact) mass is 326 g/mol. The number of rotatable bonds is 8. The Bertz CT molecular complexity index is 641. The third-order valence-electron chi connectivity index (χ3n) is 3.99. The van der Waals surface area contributed by atoms with Gasteiger partial charge < -0.3 is 15.4 Å². The molecule has 2 aromatic carbocycles. The average Bonchev–Trinajstić information content (AvgIpc) is 2.59. The van der Waals surface area contributed by atoms with E-state index in [4.69, 9.17) is 4.74 Å². The molecule has 2 aromatic rings. The summed E-state index contributed by atoms with van der Waals surface area (Å²) < 4.78 is 5.30. The summed E-state index contributed by atoms with van der Waals surface area (Å²) in [5.74, 6) is 1.15. The molecule has 1 atom stereocenters. The number of carbonyl (C=O) groups is 1. The van der Waals surface area contributed by atoms with Gasteiger partial charge in [0.05, 0.1) is 13.5 Å². The molecule has 4 nitrogen and oxygen atoms in total. The number of methoxy groups -OCH3 is 1. The number of nitrogens with one attached hydrogen (secondary N) is 2. The molecule has 0 fully saturated rings. The van der Waals surface area contributed by atoms with Gasteiger partial charge in [-0.3, -0.25) is 4.79 Å². The molecule has 0 spiro atoms. The second-order valence-corrected chi connectivity index (χ2v) is 6.15. The number of para-hydroxylation sites is 2. The highest BCUT2D eigenvalue weighted by molar-refractivity contribution is 5.79. The topological polar surface area (TPSA) is 50.4 Å². The summed E-state index contributed by atoms with van der Waals surface area (Å²) in [6, 6.07) is 17.8. The molecule has 4 heteroatoms. The lowest BCUT2D eigenvalue weighted by atomic mass is 10.0. The molecule has 0 aliphatic carbocycles. The Morgan fingerprint density at radius 1 is 1.04 bits per heavy atom. The van der Waals surface area contributed by atoms with Crippen molar-refractivity contribution in [2.45, 2.75) is 26.3 Å². The first-order valence-corrected chi connectivity index (χ1v) is 8.30. The zero-order chi connectivity index (χ0) is 17.4. The molecule has 0 saturated carbocycles. The molecular weight excluding hydrogens is 300 g/mol. The van der Waals surface area contributed by atoms with Crippen LogP contribution in [0.15, 0.2) is 54.6 Å². The predicted octanol–water partition coefficient (Wildman–Crippen LogP) is 3.49. The number of carbonyl (C=O) groups excluding carboxylic acids is 1. The molecule has 2 rings (SSSR count). The molecular formula is C20H26N2O2. The molecule has 2 N–H and O–H groups in total. The Labute approximate surface area is 144 Å². The smallest absolute Gasteiger partial charge is 0.224 e. The lowest BCUT2D eigenvalue weighted by Crippen LogP contribution is -2.40. The van der Waals surface area contributed by atoms with E-state index in [0.717, 1.165) is 17.0 Å². The van der Waals surface area contributed by atoms with Crippen LogP contribution in [-0.2, 0) is 11.2 Å². The molecule has 1 unspecified atom stereocenters. The number of anilines is 1. The van der Waals surface area contributed by atoms with Gasteiger partial charge in [0.25, 0.3) is 0 Å². The van der Waals surface area contributed by atoms with Crippen LogP contribution >= 0.6 is 0 Å². The molecule has 0 heterocycles. The fourth-order valence-electron chi connectivity index (χ4n) is 2.51. The summed E-state index contributed by atoms with van der Waals surface area (Å²) in [5.41, 5.74) is 1.96. The van der Waals surface area contributed by atoms with Crippen molar-refractivity contribution in [1.29, 1.82) is 0 Å². The standard InChI is InChI=1S/C20H26N2O2/c1-15(2)18(22-17-10-5-4-6-11-17)14-21-20(23)13-16-9-7-8-12-19(16)24-3/h4-12,15,18,22H,13-14H2,1-3H3,(H,21,23). The zero-order valence-corrected chi connectivity index (χ0v) is 14.6. The van der Waals surface area contributed by atoms with E-state index in [1.54, 1.807) is 7.11 Å². The van der Waals surface area contributed by atoms with E-state index in [1.165, 1.54) is 0 Å². The van der Waals surface area contributed by atoms with Gasteiger partial charge in [0.1, 0.15) is 5.75 Å². The summed E-state index contributed by atoms with van der Waals surface area (Å²) in [6.07, 6.45) is 0.320. The quantitative estimate of drug-likeness (QED) is 0.781. The van der Waals surface area contributed by atoms with E-state index in [1.807, 2.05) is 54.6 Å². The van der Waals surface area contributed by atoms with E-state index >= 15 is 0 Å². The van der Waals surface area contributed by atoms with E-state index in [2.05, 4.69) is 24.5 Å². The Morgan fingerprint density at radius 2 is 1.71 bits per heavy atom. The number of hydrogen-bond acceptors (Lipinski definition) is 3. The highest BCUT2D eigenvalue weighted by atomic mass is 16.5. The van der Waals surface area contributed by atoms with Crippen molar-refractivity contribution in [1.82, 2.24) is 5.32 Å². The zero-order valence-electron chi connectivity index (χ0n) is 14.6. The lowest BCUT2D eigenvalue weighted by Gasteiger charge is -2.24. The van der Waals surface area contributed by atoms with Crippen molar-refractivity contribution < 1.29 is 9.53 Å². The van der Waals surface area contributed by atoms with Crippen LogP contribution in [0.2, 0.25) is 0 Å². The van der Waals surface area contributed by atoms with Gasteiger partial charge in [-0.25, -0.2) is 0 Å². The van der Waals surface area contributed by atoms with Crippen molar-refractivity contribution in [3.63, 3.8) is 0 Å². The van der Waals surface area contributed by atoms with Gasteiger partial charge in [0, 0.05) is 23.8 Å². The highest BCUT2D eigenvalue weighted by Gasteiger charge is 2.15. The van der Waals surface area contributed by atoms with Crippen LogP contribution in [-0.4, -0.2) is 25.6 Å². The molecule has 0 aliphatic heterocycles. The minimum atomic E-state index is 0.0000108. The van der Waals surface area contributed by atoms with Crippen molar-refractivity contribution in [2.75, 3.05) is 19.0 Å². The molecule has 1 amide bonds. The predicted molar refractivity (Wildman–Crippen MR) is 98.4 cm³/mol. The third-order valence-corrected chi connectivity index (χ3v) is 3.99. The van der Waals surface area contributed by atoms with E-state index in [-0.39, 0.29) is 11.9 Å². The maximum atomic E-state index is 12.3. The molecule has 128 valence electrons. The first-order valence-electron chi connectivity index (χ1n) is 8.30. The van der Waals surface area contributed by atoms with Crippen LogP contribution in [0.5, 0.6) is 5.75 Å². The summed E-state index contributed by atoms with van der Waals surface area (Å²) in [6.45, 7) is 4.88. The number of hydrogen-bond donors (Lipinski definition) is 2. The van der Waals surface area contributed by atoms with Crippen molar-refractivity contribution in [3.05, 3.63) is 60.2 Å². The van der Waals surface area contributed by atoms with Crippen LogP contribution in [0.3, 0.4) is 0 Å². The van der Waals surface area contributed by atoms with Crippen LogP contribution in [0.25, 0.3) is 0 Å². The largest absolute Gasteiger partial charge is 0.496 e. The van der Waals surface area contributed by atoms with Crippen LogP contribution in [0.1, 0.15) is 19.4 Å². The van der Waals surface area contributed by atoms with Crippen molar-refractivity contribution >= 4 is 11.6 Å². The van der Waals surface area contributed by atoms with Gasteiger partial charge >= 0.3 is 0 Å². The molecule has 24 heavy (non-hydrogen) atoms. The Hall–Kier alpha value is -2.49. The first-order chi connectivity index (χ1) is 11.6. The van der Waals surface area contributed by atoms with Crippen LogP contribution in [0.4, 0.5) is 5.69 Å². The fraction of sp³-hybridized carbons (Fsp3) is 0.350. The van der Waals surface area contributed by atoms with Gasteiger partial charge in [-0.2, -0.15) is 0 Å². The second kappa shape index (κ2) is 8.96. The number of amides is 1. The molecule has 0 bridgehead atoms. The van der Waals surface area contributed by atoms with E-state index in [0.29, 0.717) is 18.9 Å². The van der Waals surface area contributed by atoms with Gasteiger partial charge in [0.15, 0.2) is 0 Å². The molecule has 0 aliphatic rings. The summed E-state index contributed by atoms with van der Waals surface area (Å²) in [4.78, 5) is 12.3. The Morgan fingerprint density at radius 3 is 2.38 bits per heavy atom. The summed E-state index contributed by atoms with van der Waals surface area (Å²) in [5, 5.41) is 6.51. The summed E-state index contributed by atoms with van der Waals surface area (Å²) in [7, 11) is 1.62. The third kappa shape index (κ3) is 5.30. The Balaban J connectivity index is 1.90. The highest BCUT2D eigenvalue weighted by Crippen LogP contribution is 2.17. The average molecular weight is 326 g/mol. The molecule has 0 saturated heterocycles. The maximum absolute atomic E-state index is 12.3. The molecule has 0 aromatic heterocycles. The van der Waals surface area contributed by atoms with Gasteiger partial charge in [-0.15, -0.1) is 0 Å². The van der Waals surface area contributed by atoms with E-state index < -0.39 is 0 Å². The fourth-order valence-corrected chi connectivity index (χ4v) is 2.51. The molecule has 0 radical (unpaired) electrons.